The monoisotopic (exact) mass is 484 g/mol. The molecule has 0 bridgehead atoms. The van der Waals surface area contributed by atoms with Gasteiger partial charge in [0.2, 0.25) is 0 Å². The van der Waals surface area contributed by atoms with Crippen molar-refractivity contribution in [2.24, 2.45) is 16.6 Å². The normalized spacial score (nSPS) is 16.9. The van der Waals surface area contributed by atoms with E-state index in [9.17, 15) is 4.79 Å². The highest BCUT2D eigenvalue weighted by molar-refractivity contribution is 9.10. The number of nitrogens with two attached hydrogens (primary N) is 1. The molecule has 5 nitrogen and oxygen atoms in total. The molecule has 1 unspecified atom stereocenters. The quantitative estimate of drug-likeness (QED) is 0.407. The highest BCUT2D eigenvalue weighted by Crippen LogP contribution is 2.22. The summed E-state index contributed by atoms with van der Waals surface area (Å²) in [5.41, 5.74) is 11.6. The Morgan fingerprint density at radius 3 is 2.84 bits per heavy atom. The number of rotatable bonds is 7. The van der Waals surface area contributed by atoms with Crippen LogP contribution in [0.3, 0.4) is 0 Å². The number of halogens is 1. The Balaban J connectivity index is 1.72. The number of hydrogen-bond donors (Lipinski definition) is 3. The molecule has 2 aromatic rings. The molecule has 0 aliphatic carbocycles. The average Bonchev–Trinajstić information content (AvgIpc) is 2.78. The van der Waals surface area contributed by atoms with Crippen molar-refractivity contribution >= 4 is 27.8 Å². The van der Waals surface area contributed by atoms with Crippen molar-refractivity contribution in [3.63, 3.8) is 0 Å². The molecule has 0 spiro atoms. The Morgan fingerprint density at radius 1 is 1.26 bits per heavy atom. The molecular weight excluding hydrogens is 452 g/mol. The van der Waals surface area contributed by atoms with Crippen molar-refractivity contribution in [1.82, 2.24) is 10.6 Å². The molecule has 3 rings (SSSR count). The molecule has 2 aromatic carbocycles. The van der Waals surface area contributed by atoms with Crippen LogP contribution in [0.15, 0.2) is 45.9 Å². The minimum atomic E-state index is -0.181. The van der Waals surface area contributed by atoms with Crippen molar-refractivity contribution < 1.29 is 4.79 Å². The van der Waals surface area contributed by atoms with E-state index in [1.54, 1.807) is 0 Å². The second-order valence-corrected chi connectivity index (χ2v) is 9.18. The number of nitrogens with one attached hydrogen (secondary N) is 2. The van der Waals surface area contributed by atoms with Crippen molar-refractivity contribution in [2.45, 2.75) is 46.0 Å². The minimum absolute atomic E-state index is 0.181. The van der Waals surface area contributed by atoms with Crippen LogP contribution in [0.1, 0.15) is 52.4 Å². The average molecular weight is 485 g/mol. The third-order valence-corrected chi connectivity index (χ3v) is 6.51. The fourth-order valence-electron chi connectivity index (χ4n) is 4.17. The first kappa shape index (κ1) is 23.5. The molecule has 6 heteroatoms. The van der Waals surface area contributed by atoms with E-state index in [0.29, 0.717) is 18.0 Å². The van der Waals surface area contributed by atoms with Crippen LogP contribution >= 0.6 is 15.9 Å². The highest BCUT2D eigenvalue weighted by atomic mass is 79.9. The largest absolute Gasteiger partial charge is 0.370 e. The van der Waals surface area contributed by atoms with Gasteiger partial charge in [-0.1, -0.05) is 41.1 Å². The second-order valence-electron chi connectivity index (χ2n) is 8.26. The van der Waals surface area contributed by atoms with Crippen LogP contribution in [0.4, 0.5) is 0 Å². The summed E-state index contributed by atoms with van der Waals surface area (Å²) in [7, 11) is 0. The fourth-order valence-corrected chi connectivity index (χ4v) is 4.58. The molecular formula is C25H33BrN4O. The SMILES string of the molecule is CCc1cccc(C(=O)NC(N)=NCC2CCCNC2)c1CCc1cc(Br)ccc1C. The van der Waals surface area contributed by atoms with Gasteiger partial charge in [0.15, 0.2) is 5.96 Å². The van der Waals surface area contributed by atoms with Crippen LogP contribution in [0.5, 0.6) is 0 Å². The summed E-state index contributed by atoms with van der Waals surface area (Å²) >= 11 is 3.56. The van der Waals surface area contributed by atoms with Crippen molar-refractivity contribution in [3.05, 3.63) is 68.7 Å². The number of nitrogens with zero attached hydrogens (tertiary/aromatic N) is 1. The molecule has 4 N–H and O–H groups in total. The Morgan fingerprint density at radius 2 is 2.10 bits per heavy atom. The number of aryl methyl sites for hydroxylation is 3. The van der Waals surface area contributed by atoms with E-state index in [4.69, 9.17) is 5.73 Å². The van der Waals surface area contributed by atoms with Gasteiger partial charge in [-0.2, -0.15) is 0 Å². The molecule has 1 fully saturated rings. The standard InChI is InChI=1S/C25H33BrN4O/c1-3-19-7-4-8-23(22(19)12-10-20-14-21(26)11-9-17(20)2)24(31)30-25(27)29-16-18-6-5-13-28-15-18/h4,7-9,11,14,18,28H,3,5-6,10,12-13,15-16H2,1-2H3,(H3,27,29,30,31). The van der Waals surface area contributed by atoms with Crippen molar-refractivity contribution in [1.29, 1.82) is 0 Å². The Hall–Kier alpha value is -2.18. The van der Waals surface area contributed by atoms with E-state index in [0.717, 1.165) is 55.2 Å². The summed E-state index contributed by atoms with van der Waals surface area (Å²) in [6.07, 6.45) is 4.87. The number of carbonyl (C=O) groups is 1. The van der Waals surface area contributed by atoms with Crippen LogP contribution in [-0.4, -0.2) is 31.5 Å². The second kappa shape index (κ2) is 11.4. The van der Waals surface area contributed by atoms with Gasteiger partial charge in [-0.3, -0.25) is 15.1 Å². The summed E-state index contributed by atoms with van der Waals surface area (Å²) in [6, 6.07) is 12.3. The molecule has 1 heterocycles. The highest BCUT2D eigenvalue weighted by Gasteiger charge is 2.16. The third kappa shape index (κ3) is 6.65. The number of piperidine rings is 1. The van der Waals surface area contributed by atoms with Crippen molar-refractivity contribution in [2.75, 3.05) is 19.6 Å². The topological polar surface area (TPSA) is 79.5 Å². The molecule has 1 saturated heterocycles. The summed E-state index contributed by atoms with van der Waals surface area (Å²) in [5.74, 6) is 0.502. The molecule has 166 valence electrons. The number of aliphatic imine (C=N–C) groups is 1. The number of benzene rings is 2. The van der Waals surface area contributed by atoms with Gasteiger partial charge in [-0.05, 0) is 98.5 Å². The zero-order valence-corrected chi connectivity index (χ0v) is 20.1. The Labute approximate surface area is 194 Å². The van der Waals surface area contributed by atoms with Crippen LogP contribution in [0, 0.1) is 12.8 Å². The smallest absolute Gasteiger partial charge is 0.258 e. The maximum absolute atomic E-state index is 13.0. The number of hydrogen-bond acceptors (Lipinski definition) is 3. The van der Waals surface area contributed by atoms with Gasteiger partial charge < -0.3 is 11.1 Å². The maximum Gasteiger partial charge on any atom is 0.258 e. The lowest BCUT2D eigenvalue weighted by atomic mass is 9.92. The number of amides is 1. The van der Waals surface area contributed by atoms with Crippen molar-refractivity contribution in [3.8, 4) is 0 Å². The summed E-state index contributed by atoms with van der Waals surface area (Å²) < 4.78 is 1.08. The lowest BCUT2D eigenvalue weighted by Gasteiger charge is -2.21. The zero-order chi connectivity index (χ0) is 22.2. The van der Waals surface area contributed by atoms with Gasteiger partial charge in [0.05, 0.1) is 0 Å². The Bertz CT molecular complexity index is 935. The molecule has 1 atom stereocenters. The molecule has 0 aromatic heterocycles. The summed E-state index contributed by atoms with van der Waals surface area (Å²) in [5, 5.41) is 6.19. The lowest BCUT2D eigenvalue weighted by molar-refractivity contribution is 0.0975. The first-order valence-electron chi connectivity index (χ1n) is 11.2. The number of guanidine groups is 1. The van der Waals surface area contributed by atoms with E-state index in [-0.39, 0.29) is 11.9 Å². The summed E-state index contributed by atoms with van der Waals surface area (Å²) in [6.45, 7) is 6.92. The molecule has 0 radical (unpaired) electrons. The molecule has 31 heavy (non-hydrogen) atoms. The van der Waals surface area contributed by atoms with Gasteiger partial charge in [0.25, 0.3) is 5.91 Å². The minimum Gasteiger partial charge on any atom is -0.370 e. The van der Waals surface area contributed by atoms with E-state index in [1.807, 2.05) is 12.1 Å². The van der Waals surface area contributed by atoms with Gasteiger partial charge in [0, 0.05) is 16.6 Å². The zero-order valence-electron chi connectivity index (χ0n) is 18.5. The first-order valence-corrected chi connectivity index (χ1v) is 11.9. The van der Waals surface area contributed by atoms with Crippen LogP contribution in [-0.2, 0) is 19.3 Å². The van der Waals surface area contributed by atoms with E-state index < -0.39 is 0 Å². The molecule has 1 aliphatic rings. The van der Waals surface area contributed by atoms with Crippen LogP contribution in [0.25, 0.3) is 0 Å². The lowest BCUT2D eigenvalue weighted by Crippen LogP contribution is -2.38. The predicted octanol–water partition coefficient (Wildman–Crippen LogP) is 4.15. The summed E-state index contributed by atoms with van der Waals surface area (Å²) in [4.78, 5) is 17.5. The predicted molar refractivity (Wildman–Crippen MR) is 132 cm³/mol. The fraction of sp³-hybridized carbons (Fsp3) is 0.440. The van der Waals surface area contributed by atoms with E-state index >= 15 is 0 Å². The van der Waals surface area contributed by atoms with Gasteiger partial charge in [-0.15, -0.1) is 0 Å². The molecule has 0 saturated carbocycles. The van der Waals surface area contributed by atoms with Crippen LogP contribution in [0.2, 0.25) is 0 Å². The van der Waals surface area contributed by atoms with Gasteiger partial charge >= 0.3 is 0 Å². The maximum atomic E-state index is 13.0. The van der Waals surface area contributed by atoms with E-state index in [2.05, 4.69) is 69.7 Å². The third-order valence-electron chi connectivity index (χ3n) is 6.01. The molecule has 1 aliphatic heterocycles. The van der Waals surface area contributed by atoms with E-state index in [1.165, 1.54) is 16.7 Å². The van der Waals surface area contributed by atoms with Gasteiger partial charge in [0.1, 0.15) is 0 Å². The van der Waals surface area contributed by atoms with Gasteiger partial charge in [-0.25, -0.2) is 0 Å². The Kier molecular flexibility index (Phi) is 8.67. The first-order chi connectivity index (χ1) is 15.0. The van der Waals surface area contributed by atoms with Crippen LogP contribution < -0.4 is 16.4 Å². The number of carbonyl (C=O) groups excluding carboxylic acids is 1. The molecule has 1 amide bonds.